The zero-order valence-corrected chi connectivity index (χ0v) is 18.3. The van der Waals surface area contributed by atoms with Gasteiger partial charge in [-0.3, -0.25) is 14.3 Å². The monoisotopic (exact) mass is 422 g/mol. The van der Waals surface area contributed by atoms with Crippen molar-refractivity contribution in [2.45, 2.75) is 40.0 Å². The standard InChI is InChI=1S/C17H16N2O2.C6H10N2O2/c1-10-14(6-7-18-17(10)21-3)12-4-5-15-13(8-12)9-16(19-15)11(2)20;1-3-4(2)5-7-6(9)10-8-5/h4-9,19H,1-3H3;4H,3H2,1-2H3,(H,7,8,9). The molecule has 162 valence electrons. The minimum atomic E-state index is -0.477. The van der Waals surface area contributed by atoms with Gasteiger partial charge in [0.05, 0.1) is 12.8 Å². The molecular formula is C23H26N4O4. The van der Waals surface area contributed by atoms with Gasteiger partial charge >= 0.3 is 5.76 Å². The van der Waals surface area contributed by atoms with Crippen LogP contribution in [-0.2, 0) is 0 Å². The molecule has 0 aliphatic carbocycles. The number of aromatic nitrogens is 4. The van der Waals surface area contributed by atoms with E-state index in [4.69, 9.17) is 4.74 Å². The Balaban J connectivity index is 0.000000229. The Morgan fingerprint density at radius 2 is 2.00 bits per heavy atom. The van der Waals surface area contributed by atoms with Crippen molar-refractivity contribution in [1.29, 1.82) is 0 Å². The first-order valence-corrected chi connectivity index (χ1v) is 10.0. The lowest BCUT2D eigenvalue weighted by Gasteiger charge is -2.09. The Morgan fingerprint density at radius 1 is 1.23 bits per heavy atom. The molecule has 1 atom stereocenters. The van der Waals surface area contributed by atoms with E-state index in [0.717, 1.165) is 34.0 Å². The molecule has 8 nitrogen and oxygen atoms in total. The second-order valence-electron chi connectivity index (χ2n) is 7.32. The summed E-state index contributed by atoms with van der Waals surface area (Å²) in [6, 6.07) is 9.94. The van der Waals surface area contributed by atoms with Gasteiger partial charge < -0.3 is 9.72 Å². The normalized spacial score (nSPS) is 11.6. The Bertz CT molecular complexity index is 1250. The van der Waals surface area contributed by atoms with Crippen LogP contribution >= 0.6 is 0 Å². The quantitative estimate of drug-likeness (QED) is 0.453. The van der Waals surface area contributed by atoms with Crippen LogP contribution in [0, 0.1) is 6.92 Å². The summed E-state index contributed by atoms with van der Waals surface area (Å²) in [6.07, 6.45) is 2.69. The molecule has 0 amide bonds. The van der Waals surface area contributed by atoms with Gasteiger partial charge in [-0.15, -0.1) is 0 Å². The van der Waals surface area contributed by atoms with Gasteiger partial charge in [0.2, 0.25) is 5.88 Å². The summed E-state index contributed by atoms with van der Waals surface area (Å²) in [5, 5.41) is 4.56. The zero-order valence-electron chi connectivity index (χ0n) is 18.3. The van der Waals surface area contributed by atoms with Crippen LogP contribution in [0.4, 0.5) is 0 Å². The van der Waals surface area contributed by atoms with Crippen LogP contribution < -0.4 is 10.5 Å². The van der Waals surface area contributed by atoms with Crippen molar-refractivity contribution >= 4 is 16.7 Å². The summed E-state index contributed by atoms with van der Waals surface area (Å²) in [4.78, 5) is 31.7. The van der Waals surface area contributed by atoms with Crippen LogP contribution in [0.5, 0.6) is 5.88 Å². The van der Waals surface area contributed by atoms with Crippen molar-refractivity contribution in [3.63, 3.8) is 0 Å². The molecule has 0 fully saturated rings. The maximum absolute atomic E-state index is 11.5. The second kappa shape index (κ2) is 9.42. The van der Waals surface area contributed by atoms with Crippen molar-refractivity contribution in [1.82, 2.24) is 20.1 Å². The molecule has 0 aliphatic rings. The van der Waals surface area contributed by atoms with E-state index in [1.807, 2.05) is 45.0 Å². The molecule has 0 saturated heterocycles. The van der Waals surface area contributed by atoms with Gasteiger partial charge in [0, 0.05) is 35.5 Å². The maximum Gasteiger partial charge on any atom is 0.438 e. The fraction of sp³-hybridized carbons (Fsp3) is 0.304. The van der Waals surface area contributed by atoms with Crippen LogP contribution in [0.15, 0.2) is 45.8 Å². The van der Waals surface area contributed by atoms with Crippen molar-refractivity contribution in [2.75, 3.05) is 7.11 Å². The number of aromatic amines is 2. The number of benzene rings is 1. The smallest absolute Gasteiger partial charge is 0.438 e. The lowest BCUT2D eigenvalue weighted by atomic mass is 10.0. The highest BCUT2D eigenvalue weighted by Gasteiger charge is 2.10. The first-order valence-electron chi connectivity index (χ1n) is 10.0. The van der Waals surface area contributed by atoms with E-state index in [9.17, 15) is 9.59 Å². The highest BCUT2D eigenvalue weighted by Crippen LogP contribution is 2.30. The topological polar surface area (TPSA) is 114 Å². The van der Waals surface area contributed by atoms with Crippen LogP contribution in [0.2, 0.25) is 0 Å². The molecule has 0 spiro atoms. The summed E-state index contributed by atoms with van der Waals surface area (Å²) >= 11 is 0. The van der Waals surface area contributed by atoms with Gasteiger partial charge in [0.25, 0.3) is 0 Å². The number of H-pyrrole nitrogens is 2. The largest absolute Gasteiger partial charge is 0.481 e. The van der Waals surface area contributed by atoms with E-state index in [-0.39, 0.29) is 11.7 Å². The number of Topliss-reactive ketones (excluding diaryl/α,β-unsaturated/α-hetero) is 1. The molecule has 4 aromatic rings. The molecule has 3 heterocycles. The van der Waals surface area contributed by atoms with Crippen molar-refractivity contribution in [2.24, 2.45) is 0 Å². The fourth-order valence-corrected chi connectivity index (χ4v) is 3.17. The summed E-state index contributed by atoms with van der Waals surface area (Å²) in [5.41, 5.74) is 4.75. The predicted molar refractivity (Wildman–Crippen MR) is 119 cm³/mol. The van der Waals surface area contributed by atoms with Gasteiger partial charge in [-0.1, -0.05) is 25.1 Å². The van der Waals surface area contributed by atoms with Gasteiger partial charge in [-0.25, -0.2) is 9.78 Å². The third-order valence-electron chi connectivity index (χ3n) is 5.20. The molecule has 1 aromatic carbocycles. The summed E-state index contributed by atoms with van der Waals surface area (Å²) in [5.74, 6) is 1.09. The minimum Gasteiger partial charge on any atom is -0.481 e. The molecule has 31 heavy (non-hydrogen) atoms. The Kier molecular flexibility index (Phi) is 6.69. The molecular weight excluding hydrogens is 396 g/mol. The van der Waals surface area contributed by atoms with Gasteiger partial charge in [-0.05, 0) is 48.7 Å². The number of ether oxygens (including phenoxy) is 1. The molecule has 2 N–H and O–H groups in total. The Labute approximate surface area is 179 Å². The Hall–Kier alpha value is -3.68. The predicted octanol–water partition coefficient (Wildman–Crippen LogP) is 4.63. The molecule has 0 aliphatic heterocycles. The van der Waals surface area contributed by atoms with Crippen LogP contribution in [0.3, 0.4) is 0 Å². The summed E-state index contributed by atoms with van der Waals surface area (Å²) in [7, 11) is 1.62. The molecule has 3 aromatic heterocycles. The van der Waals surface area contributed by atoms with Gasteiger partial charge in [0.1, 0.15) is 0 Å². The highest BCUT2D eigenvalue weighted by atomic mass is 16.5. The number of ketones is 1. The molecule has 8 heteroatoms. The van der Waals surface area contributed by atoms with Crippen molar-refractivity contribution in [3.05, 3.63) is 64.2 Å². The number of methoxy groups -OCH3 is 1. The molecule has 1 unspecified atom stereocenters. The SMILES string of the molecule is CCC(C)c1noc(=O)[nH]1.COc1nccc(-c2ccc3[nH]c(C(C)=O)cc3c2)c1C. The first kappa shape index (κ1) is 22.0. The van der Waals surface area contributed by atoms with Gasteiger partial charge in [0.15, 0.2) is 11.6 Å². The molecule has 4 rings (SSSR count). The second-order valence-corrected chi connectivity index (χ2v) is 7.32. The number of nitrogens with zero attached hydrogens (tertiary/aromatic N) is 2. The lowest BCUT2D eigenvalue weighted by molar-refractivity contribution is 0.101. The van der Waals surface area contributed by atoms with Gasteiger partial charge in [-0.2, -0.15) is 0 Å². The number of hydrogen-bond acceptors (Lipinski definition) is 6. The van der Waals surface area contributed by atoms with E-state index < -0.39 is 5.76 Å². The van der Waals surface area contributed by atoms with E-state index >= 15 is 0 Å². The number of fused-ring (bicyclic) bond motifs is 1. The molecule has 0 bridgehead atoms. The highest BCUT2D eigenvalue weighted by molar-refractivity contribution is 5.98. The van der Waals surface area contributed by atoms with E-state index in [2.05, 4.69) is 30.7 Å². The summed E-state index contributed by atoms with van der Waals surface area (Å²) in [6.45, 7) is 7.55. The lowest BCUT2D eigenvalue weighted by Crippen LogP contribution is -1.99. The summed E-state index contributed by atoms with van der Waals surface area (Å²) < 4.78 is 9.59. The van der Waals surface area contributed by atoms with E-state index in [0.29, 0.717) is 17.4 Å². The number of carbonyl (C=O) groups is 1. The number of nitrogens with one attached hydrogen (secondary N) is 2. The number of carbonyl (C=O) groups excluding carboxylic acids is 1. The number of pyridine rings is 1. The third kappa shape index (κ3) is 4.91. The third-order valence-corrected chi connectivity index (χ3v) is 5.20. The van der Waals surface area contributed by atoms with Crippen molar-refractivity contribution in [3.8, 4) is 17.0 Å². The zero-order chi connectivity index (χ0) is 22.5. The van der Waals surface area contributed by atoms with Crippen molar-refractivity contribution < 1.29 is 14.1 Å². The Morgan fingerprint density at radius 3 is 2.61 bits per heavy atom. The average molecular weight is 422 g/mol. The number of rotatable bonds is 5. The maximum atomic E-state index is 11.5. The van der Waals surface area contributed by atoms with Crippen LogP contribution in [0.1, 0.15) is 55.0 Å². The fourth-order valence-electron chi connectivity index (χ4n) is 3.17. The van der Waals surface area contributed by atoms with Crippen LogP contribution in [0.25, 0.3) is 22.0 Å². The van der Waals surface area contributed by atoms with E-state index in [1.165, 1.54) is 0 Å². The van der Waals surface area contributed by atoms with Crippen LogP contribution in [-0.4, -0.2) is 33.0 Å². The first-order chi connectivity index (χ1) is 14.8. The van der Waals surface area contributed by atoms with E-state index in [1.54, 1.807) is 20.2 Å². The number of hydrogen-bond donors (Lipinski definition) is 2. The molecule has 0 radical (unpaired) electrons. The minimum absolute atomic E-state index is 0.0366. The average Bonchev–Trinajstić information content (AvgIpc) is 3.39. The molecule has 0 saturated carbocycles.